The van der Waals surface area contributed by atoms with Gasteiger partial charge < -0.3 is 10.0 Å². The molecule has 2 aliphatic rings. The van der Waals surface area contributed by atoms with E-state index in [1.165, 1.54) is 25.8 Å². The summed E-state index contributed by atoms with van der Waals surface area (Å²) in [6, 6.07) is 0.720. The van der Waals surface area contributed by atoms with Crippen LogP contribution >= 0.6 is 11.3 Å². The third-order valence-corrected chi connectivity index (χ3v) is 5.22. The number of fused-ring (bicyclic) bond motifs is 2. The Morgan fingerprint density at radius 1 is 1.50 bits per heavy atom. The number of anilines is 1. The van der Waals surface area contributed by atoms with Crippen molar-refractivity contribution in [2.45, 2.75) is 45.3 Å². The fourth-order valence-corrected chi connectivity index (χ4v) is 4.15. The maximum atomic E-state index is 9.64. The molecule has 0 spiro atoms. The Kier molecular flexibility index (Phi) is 2.44. The zero-order valence-electron chi connectivity index (χ0n) is 9.81. The second-order valence-electron chi connectivity index (χ2n) is 5.11. The van der Waals surface area contributed by atoms with Crippen LogP contribution in [0.1, 0.15) is 42.9 Å². The second kappa shape index (κ2) is 3.70. The third-order valence-electron chi connectivity index (χ3n) is 3.86. The lowest BCUT2D eigenvalue weighted by atomic mass is 10.1. The van der Waals surface area contributed by atoms with E-state index in [1.54, 1.807) is 11.3 Å². The average Bonchev–Trinajstić information content (AvgIpc) is 2.89. The fourth-order valence-electron chi connectivity index (χ4n) is 3.06. The lowest BCUT2D eigenvalue weighted by Gasteiger charge is -2.26. The van der Waals surface area contributed by atoms with Crippen LogP contribution in [0.25, 0.3) is 0 Å². The van der Waals surface area contributed by atoms with Crippen molar-refractivity contribution in [1.82, 2.24) is 4.98 Å². The molecule has 1 saturated carbocycles. The molecule has 16 heavy (non-hydrogen) atoms. The van der Waals surface area contributed by atoms with Crippen molar-refractivity contribution in [3.63, 3.8) is 0 Å². The van der Waals surface area contributed by atoms with Crippen molar-refractivity contribution >= 4 is 16.5 Å². The predicted octanol–water partition coefficient (Wildman–Crippen LogP) is 2.49. The molecule has 3 nitrogen and oxygen atoms in total. The monoisotopic (exact) mass is 238 g/mol. The van der Waals surface area contributed by atoms with E-state index in [1.807, 2.05) is 13.8 Å². The van der Waals surface area contributed by atoms with E-state index in [-0.39, 0.29) is 6.10 Å². The van der Waals surface area contributed by atoms with Crippen LogP contribution in [-0.2, 0) is 0 Å². The van der Waals surface area contributed by atoms with E-state index in [0.29, 0.717) is 0 Å². The highest BCUT2D eigenvalue weighted by Gasteiger charge is 2.39. The Morgan fingerprint density at radius 2 is 2.31 bits per heavy atom. The first-order chi connectivity index (χ1) is 7.65. The molecule has 2 heterocycles. The van der Waals surface area contributed by atoms with Crippen LogP contribution in [0, 0.1) is 12.8 Å². The number of hydrogen-bond donors (Lipinski definition) is 1. The molecule has 0 amide bonds. The van der Waals surface area contributed by atoms with Crippen molar-refractivity contribution in [1.29, 1.82) is 0 Å². The van der Waals surface area contributed by atoms with Crippen LogP contribution in [0.4, 0.5) is 5.13 Å². The molecule has 3 atom stereocenters. The molecule has 2 bridgehead atoms. The highest BCUT2D eigenvalue weighted by atomic mass is 32.1. The molecule has 1 aliphatic carbocycles. The van der Waals surface area contributed by atoms with Crippen LogP contribution in [0.15, 0.2) is 0 Å². The minimum absolute atomic E-state index is 0.383. The minimum atomic E-state index is -0.383. The fraction of sp³-hybridized carbons (Fsp3) is 0.750. The SMILES string of the molecule is Cc1nc(N2CC3CCC2C3)sc1C(C)O. The van der Waals surface area contributed by atoms with Crippen molar-refractivity contribution in [2.75, 3.05) is 11.4 Å². The van der Waals surface area contributed by atoms with Gasteiger partial charge in [0, 0.05) is 12.6 Å². The second-order valence-corrected chi connectivity index (χ2v) is 6.12. The van der Waals surface area contributed by atoms with Crippen molar-refractivity contribution in [3.8, 4) is 0 Å². The standard InChI is InChI=1S/C12H18N2OS/c1-7-11(8(2)15)16-12(13-7)14-6-9-3-4-10(14)5-9/h8-10,15H,3-6H2,1-2H3. The van der Waals surface area contributed by atoms with Crippen molar-refractivity contribution < 1.29 is 5.11 Å². The smallest absolute Gasteiger partial charge is 0.186 e. The summed E-state index contributed by atoms with van der Waals surface area (Å²) in [7, 11) is 0. The molecule has 1 aliphatic heterocycles. The van der Waals surface area contributed by atoms with E-state index >= 15 is 0 Å². The molecule has 0 aromatic carbocycles. The summed E-state index contributed by atoms with van der Waals surface area (Å²) in [6.07, 6.45) is 3.69. The van der Waals surface area contributed by atoms with Crippen LogP contribution < -0.4 is 4.90 Å². The molecule has 1 aromatic heterocycles. The van der Waals surface area contributed by atoms with E-state index in [2.05, 4.69) is 9.88 Å². The van der Waals surface area contributed by atoms with Gasteiger partial charge in [0.25, 0.3) is 0 Å². The summed E-state index contributed by atoms with van der Waals surface area (Å²) in [4.78, 5) is 8.10. The molecule has 0 radical (unpaired) electrons. The van der Waals surface area contributed by atoms with E-state index in [9.17, 15) is 5.11 Å². The Bertz CT molecular complexity index is 402. The van der Waals surface area contributed by atoms with E-state index in [4.69, 9.17) is 0 Å². The van der Waals surface area contributed by atoms with E-state index < -0.39 is 0 Å². The Labute approximate surface area is 100 Å². The molecule has 1 N–H and O–H groups in total. The number of aryl methyl sites for hydroxylation is 1. The largest absolute Gasteiger partial charge is 0.388 e. The molecule has 1 aromatic rings. The maximum Gasteiger partial charge on any atom is 0.186 e. The van der Waals surface area contributed by atoms with Gasteiger partial charge in [-0.15, -0.1) is 0 Å². The van der Waals surface area contributed by atoms with Crippen molar-refractivity contribution in [2.24, 2.45) is 5.92 Å². The highest BCUT2D eigenvalue weighted by molar-refractivity contribution is 7.15. The number of aromatic nitrogens is 1. The number of piperidine rings is 1. The molecule has 88 valence electrons. The van der Waals surface area contributed by atoms with Crippen LogP contribution in [0.2, 0.25) is 0 Å². The molecule has 4 heteroatoms. The molecule has 3 unspecified atom stereocenters. The first-order valence-corrected chi connectivity index (χ1v) is 6.89. The lowest BCUT2D eigenvalue weighted by molar-refractivity contribution is 0.202. The first-order valence-electron chi connectivity index (χ1n) is 6.07. The summed E-state index contributed by atoms with van der Waals surface area (Å²) in [5.41, 5.74) is 0.998. The van der Waals surface area contributed by atoms with Gasteiger partial charge in [0.15, 0.2) is 5.13 Å². The number of hydrogen-bond acceptors (Lipinski definition) is 4. The van der Waals surface area contributed by atoms with Crippen LogP contribution in [0.5, 0.6) is 0 Å². The molecule has 2 fully saturated rings. The molecule has 3 rings (SSSR count). The normalized spacial score (nSPS) is 30.1. The summed E-state index contributed by atoms with van der Waals surface area (Å²) in [5.74, 6) is 0.893. The zero-order valence-corrected chi connectivity index (χ0v) is 10.6. The third kappa shape index (κ3) is 1.55. The Hall–Kier alpha value is -0.610. The quantitative estimate of drug-likeness (QED) is 0.860. The lowest BCUT2D eigenvalue weighted by Crippen LogP contribution is -2.31. The molecular formula is C12H18N2OS. The van der Waals surface area contributed by atoms with Gasteiger partial charge in [-0.25, -0.2) is 4.98 Å². The zero-order chi connectivity index (χ0) is 11.3. The van der Waals surface area contributed by atoms with E-state index in [0.717, 1.165) is 27.7 Å². The summed E-state index contributed by atoms with van der Waals surface area (Å²) in [5, 5.41) is 10.8. The maximum absolute atomic E-state index is 9.64. The van der Waals surface area contributed by atoms with Gasteiger partial charge in [-0.3, -0.25) is 0 Å². The topological polar surface area (TPSA) is 36.4 Å². The van der Waals surface area contributed by atoms with Gasteiger partial charge in [0.2, 0.25) is 0 Å². The number of aliphatic hydroxyl groups excluding tert-OH is 1. The van der Waals surface area contributed by atoms with Gasteiger partial charge in [-0.05, 0) is 39.0 Å². The summed E-state index contributed by atoms with van der Waals surface area (Å²) in [6.45, 7) is 4.99. The van der Waals surface area contributed by atoms with Gasteiger partial charge in [-0.2, -0.15) is 0 Å². The summed E-state index contributed by atoms with van der Waals surface area (Å²) < 4.78 is 0. The average molecular weight is 238 g/mol. The van der Waals surface area contributed by atoms with Gasteiger partial charge >= 0.3 is 0 Å². The molecular weight excluding hydrogens is 220 g/mol. The van der Waals surface area contributed by atoms with Gasteiger partial charge in [0.1, 0.15) is 0 Å². The van der Waals surface area contributed by atoms with Crippen molar-refractivity contribution in [3.05, 3.63) is 10.6 Å². The number of thiazole rings is 1. The van der Waals surface area contributed by atoms with Crippen LogP contribution in [0.3, 0.4) is 0 Å². The van der Waals surface area contributed by atoms with Gasteiger partial charge in [0.05, 0.1) is 16.7 Å². The Balaban J connectivity index is 1.87. The van der Waals surface area contributed by atoms with Gasteiger partial charge in [-0.1, -0.05) is 11.3 Å². The number of aliphatic hydroxyl groups is 1. The van der Waals surface area contributed by atoms with Crippen LogP contribution in [-0.4, -0.2) is 22.7 Å². The predicted molar refractivity (Wildman–Crippen MR) is 66.0 cm³/mol. The first kappa shape index (κ1) is 10.5. The Morgan fingerprint density at radius 3 is 2.81 bits per heavy atom. The minimum Gasteiger partial charge on any atom is -0.388 e. The molecule has 1 saturated heterocycles. The highest BCUT2D eigenvalue weighted by Crippen LogP contribution is 2.42. The summed E-state index contributed by atoms with van der Waals surface area (Å²) >= 11 is 1.67. The number of nitrogens with zero attached hydrogens (tertiary/aromatic N) is 2. The number of rotatable bonds is 2.